The lowest BCUT2D eigenvalue weighted by molar-refractivity contribution is -0.192. The molecule has 1 aliphatic heterocycles. The first-order valence-corrected chi connectivity index (χ1v) is 11.7. The van der Waals surface area contributed by atoms with E-state index in [0.717, 1.165) is 16.9 Å². The van der Waals surface area contributed by atoms with E-state index >= 15 is 0 Å². The minimum atomic E-state index is -5.08. The Bertz CT molecular complexity index is 880. The summed E-state index contributed by atoms with van der Waals surface area (Å²) in [5.74, 6) is -2.13. The van der Waals surface area contributed by atoms with Crippen LogP contribution in [0.3, 0.4) is 0 Å². The molecule has 2 atom stereocenters. The molecule has 0 aromatic heterocycles. The van der Waals surface area contributed by atoms with E-state index in [4.69, 9.17) is 27.2 Å². The highest BCUT2D eigenvalue weighted by Crippen LogP contribution is 2.25. The lowest BCUT2D eigenvalue weighted by atomic mass is 9.88. The fourth-order valence-corrected chi connectivity index (χ4v) is 4.11. The molecule has 1 saturated heterocycles. The monoisotopic (exact) mass is 527 g/mol. The number of carbonyl (C=O) groups is 3. The number of nitrogens with one attached hydrogen (secondary N) is 1. The molecule has 34 heavy (non-hydrogen) atoms. The molecule has 0 unspecified atom stereocenters. The molecule has 0 saturated carbocycles. The number of alkyl halides is 3. The molecule has 1 fully saturated rings. The van der Waals surface area contributed by atoms with Crippen LogP contribution in [-0.4, -0.2) is 69.3 Å². The predicted molar refractivity (Wildman–Crippen MR) is 123 cm³/mol. The first-order chi connectivity index (χ1) is 15.6. The van der Waals surface area contributed by atoms with Crippen LogP contribution in [0, 0.1) is 5.41 Å². The second kappa shape index (κ2) is 12.6. The number of thioether (sulfide) groups is 1. The molecule has 0 radical (unpaired) electrons. The van der Waals surface area contributed by atoms with E-state index in [1.54, 1.807) is 44.7 Å². The lowest BCUT2D eigenvalue weighted by Gasteiger charge is -2.38. The summed E-state index contributed by atoms with van der Waals surface area (Å²) < 4.78 is 31.7. The molecule has 0 aliphatic carbocycles. The number of halogens is 4. The normalized spacial score (nSPS) is 17.3. The molecule has 2 rings (SSSR count). The Morgan fingerprint density at radius 1 is 1.26 bits per heavy atom. The van der Waals surface area contributed by atoms with Crippen molar-refractivity contribution in [3.8, 4) is 0 Å². The number of carboxylic acid groups (broad SMARTS) is 1. The van der Waals surface area contributed by atoms with Gasteiger partial charge in [0.15, 0.2) is 0 Å². The number of aliphatic carboxylic acids is 1. The van der Waals surface area contributed by atoms with Crippen molar-refractivity contribution in [3.05, 3.63) is 34.3 Å². The fourth-order valence-electron chi connectivity index (χ4n) is 2.87. The van der Waals surface area contributed by atoms with Crippen LogP contribution < -0.4 is 11.1 Å². The number of benzene rings is 1. The van der Waals surface area contributed by atoms with Crippen LogP contribution in [0.4, 0.5) is 13.2 Å². The van der Waals surface area contributed by atoms with Gasteiger partial charge in [0.2, 0.25) is 5.91 Å². The van der Waals surface area contributed by atoms with Gasteiger partial charge in [-0.3, -0.25) is 9.59 Å². The van der Waals surface area contributed by atoms with Crippen molar-refractivity contribution in [2.75, 3.05) is 18.1 Å². The summed E-state index contributed by atoms with van der Waals surface area (Å²) in [6.07, 6.45) is -6.23. The molecule has 1 aliphatic rings. The zero-order valence-electron chi connectivity index (χ0n) is 19.0. The van der Waals surface area contributed by atoms with Crippen LogP contribution in [0.5, 0.6) is 0 Å². The second-order valence-electron chi connectivity index (χ2n) is 8.53. The van der Waals surface area contributed by atoms with Crippen molar-refractivity contribution < 1.29 is 37.8 Å². The van der Waals surface area contributed by atoms with Crippen molar-refractivity contribution in [2.24, 2.45) is 11.1 Å². The van der Waals surface area contributed by atoms with Gasteiger partial charge in [0.25, 0.3) is 5.91 Å². The van der Waals surface area contributed by atoms with Crippen LogP contribution in [-0.2, 0) is 27.5 Å². The van der Waals surface area contributed by atoms with Gasteiger partial charge in [0.1, 0.15) is 12.1 Å². The standard InChI is InChI=1S/C19H28ClN3O3S.C2HF3O2/c1-19(2,3)16(24)18(26)23-6-7-27-11-15(23)17(25)22-10-13-8-14(20)5-4-12(13)9-21;3-2(4,5)1(6)7/h4-5,8,15-16,24H,6-7,9-11,21H2,1-3H3,(H,22,25);(H,6,7)/t15-,16-;/m0./s1. The van der Waals surface area contributed by atoms with Gasteiger partial charge in [-0.2, -0.15) is 24.9 Å². The van der Waals surface area contributed by atoms with E-state index in [9.17, 15) is 27.9 Å². The molecule has 5 N–H and O–H groups in total. The minimum absolute atomic E-state index is 0.236. The van der Waals surface area contributed by atoms with Gasteiger partial charge in [0, 0.05) is 36.2 Å². The molecule has 192 valence electrons. The first kappa shape index (κ1) is 30.0. The Morgan fingerprint density at radius 2 is 1.85 bits per heavy atom. The van der Waals surface area contributed by atoms with Gasteiger partial charge in [-0.15, -0.1) is 0 Å². The van der Waals surface area contributed by atoms with Crippen LogP contribution in [0.2, 0.25) is 5.02 Å². The number of aliphatic hydroxyl groups is 1. The maximum absolute atomic E-state index is 12.8. The highest BCUT2D eigenvalue weighted by atomic mass is 35.5. The average Bonchev–Trinajstić information content (AvgIpc) is 2.75. The van der Waals surface area contributed by atoms with Crippen molar-refractivity contribution in [3.63, 3.8) is 0 Å². The number of aliphatic hydroxyl groups excluding tert-OH is 1. The third-order valence-electron chi connectivity index (χ3n) is 4.85. The molecule has 8 nitrogen and oxygen atoms in total. The molecule has 1 aromatic rings. The van der Waals surface area contributed by atoms with E-state index in [1.165, 1.54) is 4.90 Å². The molecular weight excluding hydrogens is 499 g/mol. The minimum Gasteiger partial charge on any atom is -0.475 e. The number of carbonyl (C=O) groups excluding carboxylic acids is 2. The Morgan fingerprint density at radius 3 is 2.35 bits per heavy atom. The zero-order valence-corrected chi connectivity index (χ0v) is 20.6. The van der Waals surface area contributed by atoms with E-state index < -0.39 is 35.6 Å². The van der Waals surface area contributed by atoms with E-state index in [2.05, 4.69) is 5.32 Å². The van der Waals surface area contributed by atoms with Gasteiger partial charge < -0.3 is 26.2 Å². The summed E-state index contributed by atoms with van der Waals surface area (Å²) in [6, 6.07) is 4.79. The maximum Gasteiger partial charge on any atom is 0.490 e. The number of hydrogen-bond acceptors (Lipinski definition) is 6. The van der Waals surface area contributed by atoms with Crippen LogP contribution >= 0.6 is 23.4 Å². The molecule has 0 spiro atoms. The summed E-state index contributed by atoms with van der Waals surface area (Å²) in [5.41, 5.74) is 6.93. The van der Waals surface area contributed by atoms with Crippen molar-refractivity contribution in [1.29, 1.82) is 0 Å². The Labute approximate surface area is 205 Å². The van der Waals surface area contributed by atoms with Crippen molar-refractivity contribution >= 4 is 41.1 Å². The summed E-state index contributed by atoms with van der Waals surface area (Å²) in [6.45, 7) is 6.49. The smallest absolute Gasteiger partial charge is 0.475 e. The largest absolute Gasteiger partial charge is 0.490 e. The number of nitrogens with two attached hydrogens (primary N) is 1. The zero-order chi connectivity index (χ0) is 26.3. The predicted octanol–water partition coefficient (Wildman–Crippen LogP) is 2.40. The lowest BCUT2D eigenvalue weighted by Crippen LogP contribution is -2.57. The molecule has 1 heterocycles. The number of hydrogen-bond donors (Lipinski definition) is 4. The molecule has 2 amide bonds. The molecule has 1 aromatic carbocycles. The Balaban J connectivity index is 0.000000718. The quantitative estimate of drug-likeness (QED) is 0.462. The van der Waals surface area contributed by atoms with Crippen molar-refractivity contribution in [2.45, 2.75) is 52.2 Å². The number of nitrogens with zero attached hydrogens (tertiary/aromatic N) is 1. The van der Waals surface area contributed by atoms with E-state index in [-0.39, 0.29) is 12.5 Å². The summed E-state index contributed by atoms with van der Waals surface area (Å²) >= 11 is 7.67. The van der Waals surface area contributed by atoms with Crippen molar-refractivity contribution in [1.82, 2.24) is 10.2 Å². The number of carboxylic acids is 1. The fraction of sp³-hybridized carbons (Fsp3) is 0.571. The molecule has 13 heteroatoms. The van der Waals surface area contributed by atoms with Gasteiger partial charge in [-0.05, 0) is 28.7 Å². The summed E-state index contributed by atoms with van der Waals surface area (Å²) in [4.78, 5) is 35.9. The van der Waals surface area contributed by atoms with Crippen LogP contribution in [0.25, 0.3) is 0 Å². The number of amides is 2. The van der Waals surface area contributed by atoms with Crippen LogP contribution in [0.1, 0.15) is 31.9 Å². The maximum atomic E-state index is 12.8. The Hall–Kier alpha value is -2.02. The topological polar surface area (TPSA) is 133 Å². The van der Waals surface area contributed by atoms with Gasteiger partial charge in [-0.1, -0.05) is 38.4 Å². The third-order valence-corrected chi connectivity index (χ3v) is 6.11. The molecule has 0 bridgehead atoms. The van der Waals surface area contributed by atoms with Gasteiger partial charge >= 0.3 is 12.1 Å². The molecular formula is C21H29ClF3N3O5S. The van der Waals surface area contributed by atoms with Gasteiger partial charge in [0.05, 0.1) is 0 Å². The SMILES string of the molecule is CC(C)(C)[C@@H](O)C(=O)N1CCSC[C@H]1C(=O)NCc1cc(Cl)ccc1CN.O=C(O)C(F)(F)F. The second-order valence-corrected chi connectivity index (χ2v) is 10.1. The number of rotatable bonds is 5. The Kier molecular flexibility index (Phi) is 11.1. The summed E-state index contributed by atoms with van der Waals surface area (Å²) in [7, 11) is 0. The summed E-state index contributed by atoms with van der Waals surface area (Å²) in [5, 5.41) is 20.9. The van der Waals surface area contributed by atoms with E-state index in [0.29, 0.717) is 23.9 Å². The van der Waals surface area contributed by atoms with E-state index in [1.807, 2.05) is 6.07 Å². The third kappa shape index (κ3) is 8.97. The highest BCUT2D eigenvalue weighted by molar-refractivity contribution is 7.99. The highest BCUT2D eigenvalue weighted by Gasteiger charge is 2.39. The first-order valence-electron chi connectivity index (χ1n) is 10.2. The van der Waals surface area contributed by atoms with Crippen LogP contribution in [0.15, 0.2) is 18.2 Å². The average molecular weight is 528 g/mol. The van der Waals surface area contributed by atoms with Gasteiger partial charge in [-0.25, -0.2) is 4.79 Å².